The number of hydrogen-bond donors (Lipinski definition) is 0. The largest absolute Gasteiger partial charge is 0.457 e. The van der Waals surface area contributed by atoms with Crippen LogP contribution in [0.5, 0.6) is 0 Å². The normalized spacial score (nSPS) is 12.2. The van der Waals surface area contributed by atoms with Gasteiger partial charge in [-0.3, -0.25) is 4.68 Å². The maximum Gasteiger partial charge on any atom is 0.356 e. The second-order valence-electron chi connectivity index (χ2n) is 4.36. The number of ether oxygens (including phenoxy) is 1. The average molecular weight is 234 g/mol. The maximum absolute atomic E-state index is 11.8. The molecular formula is C13H18N2O2. The summed E-state index contributed by atoms with van der Waals surface area (Å²) in [7, 11) is 1.73. The molecular weight excluding hydrogens is 216 g/mol. The van der Waals surface area contributed by atoms with E-state index in [-0.39, 0.29) is 18.0 Å². The van der Waals surface area contributed by atoms with Gasteiger partial charge in [-0.05, 0) is 18.9 Å². The molecule has 0 bridgehead atoms. The fourth-order valence-electron chi connectivity index (χ4n) is 1.41. The summed E-state index contributed by atoms with van der Waals surface area (Å²) in [6, 6.07) is 1.76. The average Bonchev–Trinajstić information content (AvgIpc) is 2.60. The van der Waals surface area contributed by atoms with Crippen LogP contribution in [0.4, 0.5) is 0 Å². The molecule has 0 saturated carbocycles. The Kier molecular flexibility index (Phi) is 4.33. The van der Waals surface area contributed by atoms with Crippen molar-refractivity contribution in [1.29, 1.82) is 0 Å². The van der Waals surface area contributed by atoms with E-state index >= 15 is 0 Å². The second-order valence-corrected chi connectivity index (χ2v) is 4.36. The molecule has 0 saturated heterocycles. The molecule has 0 aliphatic heterocycles. The van der Waals surface area contributed by atoms with Gasteiger partial charge in [0.25, 0.3) is 0 Å². The van der Waals surface area contributed by atoms with Gasteiger partial charge in [0.2, 0.25) is 0 Å². The van der Waals surface area contributed by atoms with Crippen LogP contribution in [0.2, 0.25) is 0 Å². The van der Waals surface area contributed by atoms with E-state index in [1.54, 1.807) is 24.7 Å². The molecule has 0 radical (unpaired) electrons. The highest BCUT2D eigenvalue weighted by molar-refractivity contribution is 5.87. The summed E-state index contributed by atoms with van der Waals surface area (Å²) in [5.74, 6) is 2.37. The summed E-state index contributed by atoms with van der Waals surface area (Å²) in [6.07, 6.45) is 5.30. The predicted molar refractivity (Wildman–Crippen MR) is 65.6 cm³/mol. The van der Waals surface area contributed by atoms with Gasteiger partial charge < -0.3 is 4.74 Å². The Hall–Kier alpha value is -1.76. The summed E-state index contributed by atoms with van der Waals surface area (Å²) in [5.41, 5.74) is 1.33. The minimum atomic E-state index is -0.380. The quantitative estimate of drug-likeness (QED) is 0.592. The van der Waals surface area contributed by atoms with Crippen molar-refractivity contribution in [2.24, 2.45) is 7.05 Å². The fraction of sp³-hybridized carbons (Fsp3) is 0.538. The maximum atomic E-state index is 11.8. The third-order valence-electron chi connectivity index (χ3n) is 2.41. The molecule has 1 rings (SSSR count). The summed E-state index contributed by atoms with van der Waals surface area (Å²) in [6.45, 7) is 5.83. The molecule has 0 aliphatic rings. The van der Waals surface area contributed by atoms with Gasteiger partial charge in [-0.1, -0.05) is 13.8 Å². The lowest BCUT2D eigenvalue weighted by Gasteiger charge is -2.09. The molecule has 0 aliphatic carbocycles. The molecule has 0 spiro atoms. The van der Waals surface area contributed by atoms with Gasteiger partial charge in [0.1, 0.15) is 11.8 Å². The van der Waals surface area contributed by atoms with E-state index < -0.39 is 0 Å². The zero-order valence-corrected chi connectivity index (χ0v) is 10.7. The van der Waals surface area contributed by atoms with Crippen molar-refractivity contribution >= 4 is 5.97 Å². The van der Waals surface area contributed by atoms with Crippen molar-refractivity contribution < 1.29 is 9.53 Å². The van der Waals surface area contributed by atoms with E-state index in [0.29, 0.717) is 12.1 Å². The van der Waals surface area contributed by atoms with E-state index in [4.69, 9.17) is 11.2 Å². The molecule has 0 aromatic carbocycles. The van der Waals surface area contributed by atoms with Gasteiger partial charge in [-0.2, -0.15) is 5.10 Å². The summed E-state index contributed by atoms with van der Waals surface area (Å²) < 4.78 is 6.75. The Balaban J connectivity index is 2.79. The van der Waals surface area contributed by atoms with E-state index in [2.05, 4.69) is 11.0 Å². The lowest BCUT2D eigenvalue weighted by atomic mass is 10.1. The number of aryl methyl sites for hydroxylation is 1. The minimum Gasteiger partial charge on any atom is -0.457 e. The van der Waals surface area contributed by atoms with Crippen LogP contribution in [0, 0.1) is 12.3 Å². The van der Waals surface area contributed by atoms with Gasteiger partial charge in [0, 0.05) is 13.5 Å². The van der Waals surface area contributed by atoms with Crippen LogP contribution in [0.15, 0.2) is 6.07 Å². The zero-order chi connectivity index (χ0) is 13.0. The van der Waals surface area contributed by atoms with E-state index in [1.165, 1.54) is 0 Å². The third kappa shape index (κ3) is 3.35. The van der Waals surface area contributed by atoms with Crippen LogP contribution in [0.3, 0.4) is 0 Å². The van der Waals surface area contributed by atoms with Crippen LogP contribution in [0.25, 0.3) is 0 Å². The first-order valence-electron chi connectivity index (χ1n) is 5.64. The Labute approximate surface area is 102 Å². The molecule has 0 unspecified atom stereocenters. The molecule has 0 N–H and O–H groups in total. The van der Waals surface area contributed by atoms with E-state index in [0.717, 1.165) is 5.69 Å². The van der Waals surface area contributed by atoms with Gasteiger partial charge in [0.15, 0.2) is 0 Å². The first-order valence-corrected chi connectivity index (χ1v) is 5.64. The highest BCUT2D eigenvalue weighted by Crippen LogP contribution is 2.15. The first kappa shape index (κ1) is 13.3. The number of nitrogens with zero attached hydrogens (tertiary/aromatic N) is 2. The van der Waals surface area contributed by atoms with Gasteiger partial charge >= 0.3 is 5.97 Å². The summed E-state index contributed by atoms with van der Waals surface area (Å²) in [4.78, 5) is 11.8. The fourth-order valence-corrected chi connectivity index (χ4v) is 1.41. The molecule has 4 nitrogen and oxygen atoms in total. The number of rotatable bonds is 4. The SMILES string of the molecule is C#CC[C@@H](C)OC(=O)c1cc(C(C)C)nn1C. The molecule has 92 valence electrons. The Morgan fingerprint density at radius 1 is 1.59 bits per heavy atom. The molecule has 17 heavy (non-hydrogen) atoms. The lowest BCUT2D eigenvalue weighted by Crippen LogP contribution is -2.17. The number of carbonyl (C=O) groups is 1. The highest BCUT2D eigenvalue weighted by Gasteiger charge is 2.18. The number of esters is 1. The lowest BCUT2D eigenvalue weighted by molar-refractivity contribution is 0.0339. The van der Waals surface area contributed by atoms with Crippen molar-refractivity contribution in [2.75, 3.05) is 0 Å². The molecule has 1 atom stereocenters. The van der Waals surface area contributed by atoms with Crippen molar-refractivity contribution in [2.45, 2.75) is 39.2 Å². The Bertz CT molecular complexity index is 441. The van der Waals surface area contributed by atoms with E-state index in [9.17, 15) is 4.79 Å². The van der Waals surface area contributed by atoms with Crippen LogP contribution < -0.4 is 0 Å². The summed E-state index contributed by atoms with van der Waals surface area (Å²) in [5, 5.41) is 4.26. The Morgan fingerprint density at radius 3 is 2.71 bits per heavy atom. The van der Waals surface area contributed by atoms with Gasteiger partial charge in [0.05, 0.1) is 5.69 Å². The van der Waals surface area contributed by atoms with E-state index in [1.807, 2.05) is 13.8 Å². The molecule has 0 fully saturated rings. The van der Waals surface area contributed by atoms with Crippen molar-refractivity contribution in [1.82, 2.24) is 9.78 Å². The third-order valence-corrected chi connectivity index (χ3v) is 2.41. The van der Waals surface area contributed by atoms with Crippen molar-refractivity contribution in [3.8, 4) is 12.3 Å². The molecule has 4 heteroatoms. The monoisotopic (exact) mass is 234 g/mol. The molecule has 1 aromatic heterocycles. The Morgan fingerprint density at radius 2 is 2.24 bits per heavy atom. The number of terminal acetylenes is 1. The van der Waals surface area contributed by atoms with Crippen LogP contribution in [-0.2, 0) is 11.8 Å². The smallest absolute Gasteiger partial charge is 0.356 e. The van der Waals surface area contributed by atoms with Crippen LogP contribution in [0.1, 0.15) is 49.3 Å². The van der Waals surface area contributed by atoms with Crippen molar-refractivity contribution in [3.63, 3.8) is 0 Å². The zero-order valence-electron chi connectivity index (χ0n) is 10.7. The minimum absolute atomic E-state index is 0.273. The number of carbonyl (C=O) groups excluding carboxylic acids is 1. The number of hydrogen-bond acceptors (Lipinski definition) is 3. The second kappa shape index (κ2) is 5.53. The molecule has 1 heterocycles. The summed E-state index contributed by atoms with van der Waals surface area (Å²) >= 11 is 0. The standard InChI is InChI=1S/C13H18N2O2/c1-6-7-10(4)17-13(16)12-8-11(9(2)3)14-15(12)5/h1,8-10H,7H2,2-5H3/t10-/m1/s1. The molecule has 1 aromatic rings. The number of aromatic nitrogens is 2. The van der Waals surface area contributed by atoms with Gasteiger partial charge in [-0.25, -0.2) is 4.79 Å². The molecule has 0 amide bonds. The predicted octanol–water partition coefficient (Wildman–Crippen LogP) is 2.11. The topological polar surface area (TPSA) is 44.1 Å². The van der Waals surface area contributed by atoms with Crippen LogP contribution >= 0.6 is 0 Å². The highest BCUT2D eigenvalue weighted by atomic mass is 16.5. The van der Waals surface area contributed by atoms with Gasteiger partial charge in [-0.15, -0.1) is 12.3 Å². The van der Waals surface area contributed by atoms with Crippen LogP contribution in [-0.4, -0.2) is 21.9 Å². The first-order chi connectivity index (χ1) is 7.95. The van der Waals surface area contributed by atoms with Crippen molar-refractivity contribution in [3.05, 3.63) is 17.5 Å².